The lowest BCUT2D eigenvalue weighted by atomic mass is 10.3. The molecule has 0 spiro atoms. The third kappa shape index (κ3) is 4.92. The predicted molar refractivity (Wildman–Crippen MR) is 84.0 cm³/mol. The summed E-state index contributed by atoms with van der Waals surface area (Å²) in [6, 6.07) is 3.55. The van der Waals surface area contributed by atoms with Crippen molar-refractivity contribution in [2.75, 3.05) is 20.1 Å². The largest absolute Gasteiger partial charge is 0.349 e. The van der Waals surface area contributed by atoms with Crippen LogP contribution >= 0.6 is 11.3 Å². The fraction of sp³-hybridized carbons (Fsp3) is 0.462. The van der Waals surface area contributed by atoms with Crippen molar-refractivity contribution in [3.63, 3.8) is 0 Å². The summed E-state index contributed by atoms with van der Waals surface area (Å²) in [6.45, 7) is 1.25. The van der Waals surface area contributed by atoms with E-state index in [1.807, 2.05) is 13.1 Å². The molecule has 0 aromatic carbocycles. The fourth-order valence-corrected chi connectivity index (χ4v) is 4.33. The average Bonchev–Trinajstić information content (AvgIpc) is 3.13. The van der Waals surface area contributed by atoms with Crippen LogP contribution in [0.5, 0.6) is 0 Å². The van der Waals surface area contributed by atoms with E-state index in [1.165, 1.54) is 11.3 Å². The Bertz CT molecular complexity index is 635. The SMILES string of the molecule is CNCCc1ccc(S(=O)(=O)NCCCc2ncc[nH]2)s1. The maximum atomic E-state index is 12.1. The maximum Gasteiger partial charge on any atom is 0.250 e. The van der Waals surface area contributed by atoms with E-state index < -0.39 is 10.0 Å². The summed E-state index contributed by atoms with van der Waals surface area (Å²) in [5.41, 5.74) is 0. The van der Waals surface area contributed by atoms with E-state index in [-0.39, 0.29) is 0 Å². The lowest BCUT2D eigenvalue weighted by Gasteiger charge is -2.03. The van der Waals surface area contributed by atoms with Gasteiger partial charge in [0.25, 0.3) is 0 Å². The molecule has 0 bridgehead atoms. The summed E-state index contributed by atoms with van der Waals surface area (Å²) in [6.07, 6.45) is 5.74. The fourth-order valence-electron chi connectivity index (χ4n) is 1.85. The monoisotopic (exact) mass is 328 g/mol. The Morgan fingerprint density at radius 3 is 2.86 bits per heavy atom. The molecule has 0 aliphatic heterocycles. The van der Waals surface area contributed by atoms with Gasteiger partial charge in [-0.1, -0.05) is 0 Å². The second-order valence-corrected chi connectivity index (χ2v) is 7.77. The van der Waals surface area contributed by atoms with Crippen molar-refractivity contribution in [1.82, 2.24) is 20.0 Å². The van der Waals surface area contributed by atoms with Crippen molar-refractivity contribution >= 4 is 21.4 Å². The number of hydrogen-bond acceptors (Lipinski definition) is 5. The van der Waals surface area contributed by atoms with Gasteiger partial charge < -0.3 is 10.3 Å². The van der Waals surface area contributed by atoms with Crippen molar-refractivity contribution in [2.45, 2.75) is 23.5 Å². The molecule has 2 aromatic heterocycles. The molecule has 116 valence electrons. The molecule has 0 atom stereocenters. The Balaban J connectivity index is 1.82. The topological polar surface area (TPSA) is 86.9 Å². The molecule has 2 heterocycles. The van der Waals surface area contributed by atoms with E-state index in [2.05, 4.69) is 20.0 Å². The Labute approximate surface area is 129 Å². The Kier molecular flexibility index (Phi) is 5.92. The van der Waals surface area contributed by atoms with Crippen LogP contribution in [0.15, 0.2) is 28.7 Å². The number of likely N-dealkylation sites (N-methyl/N-ethyl adjacent to an activating group) is 1. The second kappa shape index (κ2) is 7.69. The molecular weight excluding hydrogens is 308 g/mol. The van der Waals surface area contributed by atoms with Gasteiger partial charge in [0, 0.05) is 30.2 Å². The first-order valence-electron chi connectivity index (χ1n) is 6.83. The van der Waals surface area contributed by atoms with E-state index in [4.69, 9.17) is 0 Å². The van der Waals surface area contributed by atoms with Crippen LogP contribution in [0.1, 0.15) is 17.1 Å². The van der Waals surface area contributed by atoms with E-state index in [0.29, 0.717) is 17.2 Å². The van der Waals surface area contributed by atoms with Crippen LogP contribution in [0.2, 0.25) is 0 Å². The first-order valence-corrected chi connectivity index (χ1v) is 9.13. The first-order chi connectivity index (χ1) is 10.1. The smallest absolute Gasteiger partial charge is 0.250 e. The molecule has 0 aliphatic carbocycles. The number of aromatic amines is 1. The van der Waals surface area contributed by atoms with E-state index in [0.717, 1.165) is 30.1 Å². The predicted octanol–water partition coefficient (Wildman–Crippen LogP) is 1.14. The number of imidazole rings is 1. The van der Waals surface area contributed by atoms with Crippen LogP contribution in [0.3, 0.4) is 0 Å². The summed E-state index contributed by atoms with van der Waals surface area (Å²) >= 11 is 1.33. The van der Waals surface area contributed by atoms with Crippen LogP contribution in [-0.4, -0.2) is 38.5 Å². The van der Waals surface area contributed by atoms with Crippen LogP contribution in [0.4, 0.5) is 0 Å². The van der Waals surface area contributed by atoms with Crippen molar-refractivity contribution in [1.29, 1.82) is 0 Å². The van der Waals surface area contributed by atoms with Gasteiger partial charge in [0.15, 0.2) is 0 Å². The quantitative estimate of drug-likeness (QED) is 0.603. The van der Waals surface area contributed by atoms with Crippen LogP contribution in [0, 0.1) is 0 Å². The van der Waals surface area contributed by atoms with Gasteiger partial charge in [-0.25, -0.2) is 18.1 Å². The molecule has 0 radical (unpaired) electrons. The number of hydrogen-bond donors (Lipinski definition) is 3. The molecular formula is C13H20N4O2S2. The lowest BCUT2D eigenvalue weighted by molar-refractivity contribution is 0.580. The van der Waals surface area contributed by atoms with E-state index >= 15 is 0 Å². The molecule has 2 aromatic rings. The number of H-pyrrole nitrogens is 1. The maximum absolute atomic E-state index is 12.1. The molecule has 2 rings (SSSR count). The molecule has 0 saturated heterocycles. The van der Waals surface area contributed by atoms with Gasteiger partial charge in [-0.05, 0) is 38.6 Å². The number of sulfonamides is 1. The molecule has 21 heavy (non-hydrogen) atoms. The number of nitrogens with zero attached hydrogens (tertiary/aromatic N) is 1. The highest BCUT2D eigenvalue weighted by atomic mass is 32.2. The zero-order valence-electron chi connectivity index (χ0n) is 11.9. The number of aromatic nitrogens is 2. The molecule has 0 fully saturated rings. The van der Waals surface area contributed by atoms with Gasteiger partial charge in [0.05, 0.1) is 0 Å². The second-order valence-electron chi connectivity index (χ2n) is 4.61. The highest BCUT2D eigenvalue weighted by molar-refractivity contribution is 7.91. The zero-order chi connectivity index (χ0) is 15.1. The summed E-state index contributed by atoms with van der Waals surface area (Å²) in [5.74, 6) is 0.875. The number of rotatable bonds is 9. The third-order valence-corrected chi connectivity index (χ3v) is 6.06. The first kappa shape index (κ1) is 16.2. The van der Waals surface area contributed by atoms with Gasteiger partial charge in [-0.15, -0.1) is 11.3 Å². The number of thiophene rings is 1. The summed E-state index contributed by atoms with van der Waals surface area (Å²) in [4.78, 5) is 8.17. The summed E-state index contributed by atoms with van der Waals surface area (Å²) in [5, 5.41) is 3.05. The molecule has 6 nitrogen and oxygen atoms in total. The van der Waals surface area contributed by atoms with E-state index in [9.17, 15) is 8.42 Å². The molecule has 0 unspecified atom stereocenters. The van der Waals surface area contributed by atoms with Gasteiger partial charge in [-0.2, -0.15) is 0 Å². The van der Waals surface area contributed by atoms with Crippen molar-refractivity contribution in [3.8, 4) is 0 Å². The molecule has 0 amide bonds. The third-order valence-electron chi connectivity index (χ3n) is 2.96. The minimum Gasteiger partial charge on any atom is -0.349 e. The number of aryl methyl sites for hydroxylation is 1. The van der Waals surface area contributed by atoms with Gasteiger partial charge >= 0.3 is 0 Å². The molecule has 3 N–H and O–H groups in total. The van der Waals surface area contributed by atoms with Gasteiger partial charge in [0.2, 0.25) is 10.0 Å². The van der Waals surface area contributed by atoms with Crippen LogP contribution in [0.25, 0.3) is 0 Å². The van der Waals surface area contributed by atoms with E-state index in [1.54, 1.807) is 18.5 Å². The minimum absolute atomic E-state index is 0.381. The molecule has 0 aliphatic rings. The zero-order valence-corrected chi connectivity index (χ0v) is 13.6. The standard InChI is InChI=1S/C13H20N4O2S2/c1-14-8-6-11-4-5-13(20-11)21(18,19)17-7-2-3-12-15-9-10-16-12/h4-5,9-10,14,17H,2-3,6-8H2,1H3,(H,15,16). The normalized spacial score (nSPS) is 11.9. The highest BCUT2D eigenvalue weighted by Gasteiger charge is 2.16. The Morgan fingerprint density at radius 2 is 2.14 bits per heavy atom. The lowest BCUT2D eigenvalue weighted by Crippen LogP contribution is -2.24. The minimum atomic E-state index is -3.39. The van der Waals surface area contributed by atoms with Crippen molar-refractivity contribution < 1.29 is 8.42 Å². The Morgan fingerprint density at radius 1 is 1.29 bits per heavy atom. The van der Waals surface area contributed by atoms with Gasteiger partial charge in [-0.3, -0.25) is 0 Å². The van der Waals surface area contributed by atoms with Crippen molar-refractivity contribution in [3.05, 3.63) is 35.2 Å². The highest BCUT2D eigenvalue weighted by Crippen LogP contribution is 2.21. The summed E-state index contributed by atoms with van der Waals surface area (Å²) < 4.78 is 27.3. The molecule has 0 saturated carbocycles. The van der Waals surface area contributed by atoms with Crippen LogP contribution in [-0.2, 0) is 22.9 Å². The Hall–Kier alpha value is -1.22. The van der Waals surface area contributed by atoms with Gasteiger partial charge in [0.1, 0.15) is 10.0 Å². The number of nitrogens with one attached hydrogen (secondary N) is 3. The molecule has 8 heteroatoms. The summed E-state index contributed by atoms with van der Waals surface area (Å²) in [7, 11) is -1.51. The van der Waals surface area contributed by atoms with Crippen molar-refractivity contribution in [2.24, 2.45) is 0 Å². The average molecular weight is 328 g/mol. The van der Waals surface area contributed by atoms with Crippen LogP contribution < -0.4 is 10.0 Å².